The third-order valence-corrected chi connectivity index (χ3v) is 5.08. The van der Waals surface area contributed by atoms with E-state index in [2.05, 4.69) is 55.5 Å². The number of rotatable bonds is 4. The van der Waals surface area contributed by atoms with E-state index in [-0.39, 0.29) is 5.78 Å². The average molecular weight is 324 g/mol. The van der Waals surface area contributed by atoms with Crippen molar-refractivity contribution < 1.29 is 4.79 Å². The molecule has 0 radical (unpaired) electrons. The van der Waals surface area contributed by atoms with Crippen LogP contribution in [0.1, 0.15) is 29.2 Å². The monoisotopic (exact) mass is 324 g/mol. The molecule has 0 unspecified atom stereocenters. The first-order valence-electron chi connectivity index (χ1n) is 8.60. The van der Waals surface area contributed by atoms with Crippen LogP contribution in [0.4, 0.5) is 0 Å². The predicted molar refractivity (Wildman–Crippen MR) is 103 cm³/mol. The second-order valence-corrected chi connectivity index (χ2v) is 6.65. The molecule has 0 atom stereocenters. The fourth-order valence-corrected chi connectivity index (χ4v) is 3.86. The first-order chi connectivity index (χ1) is 12.2. The lowest BCUT2D eigenvalue weighted by Crippen LogP contribution is -2.23. The number of aryl methyl sites for hydroxylation is 1. The smallest absolute Gasteiger partial charge is 0.149 e. The zero-order valence-electron chi connectivity index (χ0n) is 14.5. The zero-order valence-corrected chi connectivity index (χ0v) is 14.5. The van der Waals surface area contributed by atoms with Gasteiger partial charge in [-0.15, -0.1) is 0 Å². The maximum Gasteiger partial charge on any atom is 0.149 e. The van der Waals surface area contributed by atoms with Crippen LogP contribution in [0.2, 0.25) is 0 Å². The molecular weight excluding hydrogens is 304 g/mol. The summed E-state index contributed by atoms with van der Waals surface area (Å²) in [4.78, 5) is 12.9. The third kappa shape index (κ3) is 2.35. The molecule has 0 fully saturated rings. The minimum Gasteiger partial charge on any atom is -0.298 e. The number of carbonyl (C=O) groups excluding carboxylic acids is 1. The van der Waals surface area contributed by atoms with Crippen LogP contribution in [0.25, 0.3) is 11.1 Å². The van der Waals surface area contributed by atoms with E-state index in [4.69, 9.17) is 0 Å². The lowest BCUT2D eigenvalue weighted by molar-refractivity contribution is -0.118. The molecule has 1 nitrogen and oxygen atoms in total. The number of hydrogen-bond acceptors (Lipinski definition) is 1. The van der Waals surface area contributed by atoms with Crippen molar-refractivity contribution in [2.45, 2.75) is 19.3 Å². The molecule has 3 aromatic carbocycles. The van der Waals surface area contributed by atoms with Crippen molar-refractivity contribution in [2.75, 3.05) is 0 Å². The van der Waals surface area contributed by atoms with Gasteiger partial charge in [-0.1, -0.05) is 90.5 Å². The Morgan fingerprint density at radius 3 is 1.52 bits per heavy atom. The highest BCUT2D eigenvalue weighted by Gasteiger charge is 2.58. The van der Waals surface area contributed by atoms with Gasteiger partial charge in [-0.25, -0.2) is 0 Å². The Kier molecular flexibility index (Phi) is 3.65. The molecule has 1 aliphatic rings. The van der Waals surface area contributed by atoms with E-state index in [0.717, 1.165) is 27.8 Å². The minimum atomic E-state index is -0.629. The topological polar surface area (TPSA) is 17.1 Å². The van der Waals surface area contributed by atoms with E-state index in [9.17, 15) is 4.79 Å². The number of Topliss-reactive ketones (excluding diaryl/α,β-unsaturated/α-hetero) is 1. The second-order valence-electron chi connectivity index (χ2n) is 6.65. The van der Waals surface area contributed by atoms with Crippen LogP contribution in [0, 0.1) is 6.92 Å². The molecule has 1 aliphatic carbocycles. The zero-order chi connectivity index (χ0) is 17.4. The standard InChI is InChI=1S/C24H20O/c1-17-13-15-21(16-14-17)24(18(2)25)22(19-9-5-3-6-10-19)23(24)20-11-7-4-8-12-20/h3-16H,1-2H3. The Labute approximate surface area is 148 Å². The number of carbonyl (C=O) groups is 1. The second kappa shape index (κ2) is 5.86. The summed E-state index contributed by atoms with van der Waals surface area (Å²) in [5, 5.41) is 0. The number of hydrogen-bond donors (Lipinski definition) is 0. The van der Waals surface area contributed by atoms with Gasteiger partial charge in [0, 0.05) is 0 Å². The SMILES string of the molecule is CC(=O)C1(c2ccc(C)cc2)C(c2ccccc2)=C1c1ccccc1. The van der Waals surface area contributed by atoms with Crippen LogP contribution < -0.4 is 0 Å². The van der Waals surface area contributed by atoms with Gasteiger partial charge in [-0.3, -0.25) is 4.79 Å². The molecule has 4 rings (SSSR count). The molecule has 3 aromatic rings. The predicted octanol–water partition coefficient (Wildman–Crippen LogP) is 5.45. The van der Waals surface area contributed by atoms with Crippen LogP contribution in [-0.4, -0.2) is 5.78 Å². The highest BCUT2D eigenvalue weighted by molar-refractivity contribution is 6.33. The Morgan fingerprint density at radius 1 is 0.680 bits per heavy atom. The number of allylic oxidation sites excluding steroid dienone is 2. The van der Waals surface area contributed by atoms with Crippen LogP contribution in [0.5, 0.6) is 0 Å². The Balaban J connectivity index is 1.95. The van der Waals surface area contributed by atoms with Gasteiger partial charge in [0.2, 0.25) is 0 Å². The summed E-state index contributed by atoms with van der Waals surface area (Å²) in [5.74, 6) is 0.175. The van der Waals surface area contributed by atoms with E-state index in [0.29, 0.717) is 0 Å². The summed E-state index contributed by atoms with van der Waals surface area (Å²) in [6, 6.07) is 28.9. The fourth-order valence-electron chi connectivity index (χ4n) is 3.86. The highest BCUT2D eigenvalue weighted by Crippen LogP contribution is 2.64. The average Bonchev–Trinajstić information content (AvgIpc) is 3.35. The lowest BCUT2D eigenvalue weighted by atomic mass is 9.81. The van der Waals surface area contributed by atoms with Crippen molar-refractivity contribution in [3.63, 3.8) is 0 Å². The maximum atomic E-state index is 12.9. The van der Waals surface area contributed by atoms with Gasteiger partial charge in [0.1, 0.15) is 11.2 Å². The Bertz CT molecular complexity index is 898. The maximum absolute atomic E-state index is 12.9. The Hall–Kier alpha value is -2.93. The largest absolute Gasteiger partial charge is 0.298 e. The molecule has 0 spiro atoms. The fraction of sp³-hybridized carbons (Fsp3) is 0.125. The summed E-state index contributed by atoms with van der Waals surface area (Å²) in [6.45, 7) is 3.78. The van der Waals surface area contributed by atoms with Crippen LogP contribution in [0.15, 0.2) is 84.9 Å². The first kappa shape index (κ1) is 15.6. The van der Waals surface area contributed by atoms with Crippen molar-refractivity contribution in [2.24, 2.45) is 0 Å². The van der Waals surface area contributed by atoms with Crippen molar-refractivity contribution in [1.82, 2.24) is 0 Å². The molecule has 0 bridgehead atoms. The summed E-state index contributed by atoms with van der Waals surface area (Å²) >= 11 is 0. The van der Waals surface area contributed by atoms with E-state index in [1.165, 1.54) is 5.56 Å². The van der Waals surface area contributed by atoms with Gasteiger partial charge in [0.15, 0.2) is 0 Å². The van der Waals surface area contributed by atoms with E-state index in [1.807, 2.05) is 36.4 Å². The summed E-state index contributed by atoms with van der Waals surface area (Å²) in [7, 11) is 0. The molecule has 0 saturated carbocycles. The molecule has 0 heterocycles. The summed E-state index contributed by atoms with van der Waals surface area (Å²) < 4.78 is 0. The molecule has 0 aromatic heterocycles. The lowest BCUT2D eigenvalue weighted by Gasteiger charge is -2.19. The molecule has 0 amide bonds. The molecule has 0 saturated heterocycles. The van der Waals surface area contributed by atoms with Gasteiger partial charge in [-0.2, -0.15) is 0 Å². The van der Waals surface area contributed by atoms with E-state index >= 15 is 0 Å². The molecule has 25 heavy (non-hydrogen) atoms. The third-order valence-electron chi connectivity index (χ3n) is 5.08. The molecule has 0 aliphatic heterocycles. The number of ketones is 1. The van der Waals surface area contributed by atoms with Crippen molar-refractivity contribution in [3.05, 3.63) is 107 Å². The number of benzene rings is 3. The van der Waals surface area contributed by atoms with E-state index < -0.39 is 5.41 Å². The van der Waals surface area contributed by atoms with Gasteiger partial charge < -0.3 is 0 Å². The summed E-state index contributed by atoms with van der Waals surface area (Å²) in [6.07, 6.45) is 0. The van der Waals surface area contributed by atoms with Crippen LogP contribution in [0.3, 0.4) is 0 Å². The van der Waals surface area contributed by atoms with Gasteiger partial charge >= 0.3 is 0 Å². The molecule has 1 heteroatoms. The molecular formula is C24H20O. The van der Waals surface area contributed by atoms with Crippen LogP contribution >= 0.6 is 0 Å². The normalized spacial score (nSPS) is 15.1. The Morgan fingerprint density at radius 2 is 1.12 bits per heavy atom. The van der Waals surface area contributed by atoms with Gasteiger partial charge in [-0.05, 0) is 41.7 Å². The van der Waals surface area contributed by atoms with Crippen molar-refractivity contribution >= 4 is 16.9 Å². The highest BCUT2D eigenvalue weighted by atomic mass is 16.1. The van der Waals surface area contributed by atoms with Crippen LogP contribution in [-0.2, 0) is 10.2 Å². The summed E-state index contributed by atoms with van der Waals surface area (Å²) in [5.41, 5.74) is 6.14. The van der Waals surface area contributed by atoms with Gasteiger partial charge in [0.25, 0.3) is 0 Å². The molecule has 122 valence electrons. The molecule has 0 N–H and O–H groups in total. The minimum absolute atomic E-state index is 0.175. The van der Waals surface area contributed by atoms with Crippen molar-refractivity contribution in [3.8, 4) is 0 Å². The first-order valence-corrected chi connectivity index (χ1v) is 8.60. The quantitative estimate of drug-likeness (QED) is 0.624. The van der Waals surface area contributed by atoms with Gasteiger partial charge in [0.05, 0.1) is 0 Å². The van der Waals surface area contributed by atoms with Crippen molar-refractivity contribution in [1.29, 1.82) is 0 Å². The van der Waals surface area contributed by atoms with E-state index in [1.54, 1.807) is 6.92 Å².